The van der Waals surface area contributed by atoms with Gasteiger partial charge in [-0.05, 0) is 31.9 Å². The highest BCUT2D eigenvalue weighted by Crippen LogP contribution is 2.28. The number of rotatable bonds is 5. The molecule has 0 spiro atoms. The number of nitrogens with zero attached hydrogens (tertiary/aromatic N) is 2. The van der Waals surface area contributed by atoms with E-state index in [0.717, 1.165) is 12.1 Å². The number of aromatic nitrogens is 1. The minimum atomic E-state index is -4.59. The summed E-state index contributed by atoms with van der Waals surface area (Å²) in [6.07, 6.45) is -3.72. The normalized spacial score (nSPS) is 15.8. The zero-order valence-electron chi connectivity index (χ0n) is 13.7. The van der Waals surface area contributed by atoms with E-state index < -0.39 is 23.7 Å². The van der Waals surface area contributed by atoms with Crippen molar-refractivity contribution in [3.8, 4) is 0 Å². The van der Waals surface area contributed by atoms with Gasteiger partial charge < -0.3 is 14.7 Å². The van der Waals surface area contributed by atoms with E-state index in [9.17, 15) is 22.8 Å². The molecule has 9 heteroatoms. The summed E-state index contributed by atoms with van der Waals surface area (Å²) >= 11 is 0. The van der Waals surface area contributed by atoms with Gasteiger partial charge in [0.2, 0.25) is 0 Å². The minimum Gasteiger partial charge on any atom is -0.481 e. The fourth-order valence-corrected chi connectivity index (χ4v) is 2.76. The second kappa shape index (κ2) is 7.81. The molecule has 0 aromatic carbocycles. The number of hydrogen-bond acceptors (Lipinski definition) is 4. The zero-order valence-corrected chi connectivity index (χ0v) is 13.7. The maximum absolute atomic E-state index is 12.8. The molecule has 0 saturated carbocycles. The first-order valence-corrected chi connectivity index (χ1v) is 7.85. The van der Waals surface area contributed by atoms with Gasteiger partial charge in [0, 0.05) is 25.8 Å². The lowest BCUT2D eigenvalue weighted by atomic mass is 10.0. The lowest BCUT2D eigenvalue weighted by Crippen LogP contribution is -2.44. The van der Waals surface area contributed by atoms with Crippen molar-refractivity contribution in [2.24, 2.45) is 0 Å². The smallest absolute Gasteiger partial charge is 0.433 e. The van der Waals surface area contributed by atoms with Crippen LogP contribution in [0.3, 0.4) is 0 Å². The molecule has 1 aromatic rings. The molecule has 138 valence electrons. The van der Waals surface area contributed by atoms with Crippen molar-refractivity contribution in [3.05, 3.63) is 29.1 Å². The topological polar surface area (TPSA) is 79.7 Å². The Labute approximate surface area is 142 Å². The van der Waals surface area contributed by atoms with Crippen molar-refractivity contribution >= 4 is 11.9 Å². The molecule has 0 bridgehead atoms. The van der Waals surface area contributed by atoms with Crippen LogP contribution in [0.2, 0.25) is 0 Å². The van der Waals surface area contributed by atoms with Crippen LogP contribution in [0.5, 0.6) is 0 Å². The van der Waals surface area contributed by atoms with Crippen molar-refractivity contribution in [2.45, 2.75) is 38.4 Å². The van der Waals surface area contributed by atoms with Crippen molar-refractivity contribution in [3.63, 3.8) is 0 Å². The second-order valence-corrected chi connectivity index (χ2v) is 5.81. The molecule has 2 heterocycles. The molecule has 2 rings (SSSR count). The molecule has 1 N–H and O–H groups in total. The number of alkyl halides is 3. The van der Waals surface area contributed by atoms with Gasteiger partial charge >= 0.3 is 12.1 Å². The molecule has 0 atom stereocenters. The molecule has 1 aromatic heterocycles. The molecule has 1 amide bonds. The van der Waals surface area contributed by atoms with Gasteiger partial charge in [0.1, 0.15) is 5.69 Å². The average Bonchev–Trinajstić information content (AvgIpc) is 2.54. The number of carboxylic acid groups (broad SMARTS) is 1. The van der Waals surface area contributed by atoms with Gasteiger partial charge in [-0.15, -0.1) is 0 Å². The highest BCUT2D eigenvalue weighted by Gasteiger charge is 2.34. The monoisotopic (exact) mass is 360 g/mol. The van der Waals surface area contributed by atoms with Crippen LogP contribution in [0.1, 0.15) is 41.0 Å². The molecule has 25 heavy (non-hydrogen) atoms. The number of carboxylic acids is 1. The van der Waals surface area contributed by atoms with Gasteiger partial charge in [0.05, 0.1) is 17.7 Å². The molecular formula is C16H19F3N2O4. The van der Waals surface area contributed by atoms with Gasteiger partial charge in [0.25, 0.3) is 5.91 Å². The van der Waals surface area contributed by atoms with Crippen LogP contribution in [0.15, 0.2) is 12.1 Å². The van der Waals surface area contributed by atoms with Crippen molar-refractivity contribution in [2.75, 3.05) is 19.8 Å². The summed E-state index contributed by atoms with van der Waals surface area (Å²) in [5, 5.41) is 8.89. The standard InChI is InChI=1S/C16H19F3N2O4/c1-10-12(2-3-13(20-10)16(17,18)19)15(24)21(7-4-14(22)23)11-5-8-25-9-6-11/h2-3,11H,4-9H2,1H3,(H,22,23). The third-order valence-electron chi connectivity index (χ3n) is 4.07. The van der Waals surface area contributed by atoms with E-state index in [1.165, 1.54) is 11.8 Å². The number of ether oxygens (including phenoxy) is 1. The summed E-state index contributed by atoms with van der Waals surface area (Å²) in [6.45, 7) is 2.22. The van der Waals surface area contributed by atoms with Gasteiger partial charge in [-0.2, -0.15) is 13.2 Å². The van der Waals surface area contributed by atoms with Crippen LogP contribution in [0, 0.1) is 6.92 Å². The number of amides is 1. The minimum absolute atomic E-state index is 0.0146. The number of carbonyl (C=O) groups excluding carboxylic acids is 1. The Bertz CT molecular complexity index is 643. The fourth-order valence-electron chi connectivity index (χ4n) is 2.76. The highest BCUT2D eigenvalue weighted by atomic mass is 19.4. The predicted molar refractivity (Wildman–Crippen MR) is 81.1 cm³/mol. The average molecular weight is 360 g/mol. The van der Waals surface area contributed by atoms with Gasteiger partial charge in [-0.3, -0.25) is 9.59 Å². The summed E-state index contributed by atoms with van der Waals surface area (Å²) < 4.78 is 43.4. The Kier molecular flexibility index (Phi) is 5.99. The Hall–Kier alpha value is -2.16. The maximum Gasteiger partial charge on any atom is 0.433 e. The second-order valence-electron chi connectivity index (χ2n) is 5.81. The van der Waals surface area contributed by atoms with E-state index in [-0.39, 0.29) is 30.3 Å². The highest BCUT2D eigenvalue weighted by molar-refractivity contribution is 5.95. The van der Waals surface area contributed by atoms with Crippen LogP contribution in [0.25, 0.3) is 0 Å². The summed E-state index contributed by atoms with van der Waals surface area (Å²) in [7, 11) is 0. The Morgan fingerprint density at radius 1 is 1.32 bits per heavy atom. The van der Waals surface area contributed by atoms with Crippen LogP contribution in [0.4, 0.5) is 13.2 Å². The molecule has 1 fully saturated rings. The predicted octanol–water partition coefficient (Wildman–Crippen LogP) is 2.50. The number of halogens is 3. The zero-order chi connectivity index (χ0) is 18.6. The summed E-state index contributed by atoms with van der Waals surface area (Å²) in [5.74, 6) is -1.56. The molecular weight excluding hydrogens is 341 g/mol. The molecule has 6 nitrogen and oxygen atoms in total. The van der Waals surface area contributed by atoms with E-state index in [1.54, 1.807) is 0 Å². The third kappa shape index (κ3) is 4.91. The SMILES string of the molecule is Cc1nc(C(F)(F)F)ccc1C(=O)N(CCC(=O)O)C1CCOCC1. The first kappa shape index (κ1) is 19.2. The van der Waals surface area contributed by atoms with Gasteiger partial charge in [-0.1, -0.05) is 0 Å². The van der Waals surface area contributed by atoms with Crippen LogP contribution < -0.4 is 0 Å². The van der Waals surface area contributed by atoms with E-state index >= 15 is 0 Å². The number of aliphatic carboxylic acids is 1. The maximum atomic E-state index is 12.8. The Balaban J connectivity index is 2.26. The van der Waals surface area contributed by atoms with E-state index in [4.69, 9.17) is 9.84 Å². The third-order valence-corrected chi connectivity index (χ3v) is 4.07. The van der Waals surface area contributed by atoms with E-state index in [1.807, 2.05) is 0 Å². The van der Waals surface area contributed by atoms with Crippen molar-refractivity contribution in [1.29, 1.82) is 0 Å². The van der Waals surface area contributed by atoms with Gasteiger partial charge in [0.15, 0.2) is 0 Å². The van der Waals surface area contributed by atoms with Crippen LogP contribution >= 0.6 is 0 Å². The van der Waals surface area contributed by atoms with Crippen LogP contribution in [-0.2, 0) is 15.7 Å². The summed E-state index contributed by atoms with van der Waals surface area (Å²) in [6, 6.07) is 1.66. The van der Waals surface area contributed by atoms with Crippen molar-refractivity contribution in [1.82, 2.24) is 9.88 Å². The Morgan fingerprint density at radius 2 is 1.96 bits per heavy atom. The summed E-state index contributed by atoms with van der Waals surface area (Å²) in [4.78, 5) is 28.6. The number of carbonyl (C=O) groups is 2. The lowest BCUT2D eigenvalue weighted by Gasteiger charge is -2.34. The summed E-state index contributed by atoms with van der Waals surface area (Å²) in [5.41, 5.74) is -1.05. The molecule has 0 radical (unpaired) electrons. The number of aryl methyl sites for hydroxylation is 1. The van der Waals surface area contributed by atoms with Crippen molar-refractivity contribution < 1.29 is 32.6 Å². The molecule has 1 saturated heterocycles. The molecule has 1 aliphatic rings. The Morgan fingerprint density at radius 3 is 2.48 bits per heavy atom. The molecule has 0 unspecified atom stereocenters. The number of pyridine rings is 1. The lowest BCUT2D eigenvalue weighted by molar-refractivity contribution is -0.141. The van der Waals surface area contributed by atoms with Crippen LogP contribution in [-0.4, -0.2) is 52.7 Å². The van der Waals surface area contributed by atoms with E-state index in [0.29, 0.717) is 26.1 Å². The molecule has 0 aliphatic carbocycles. The first-order valence-electron chi connectivity index (χ1n) is 7.85. The largest absolute Gasteiger partial charge is 0.481 e. The molecule has 1 aliphatic heterocycles. The first-order chi connectivity index (χ1) is 11.7. The quantitative estimate of drug-likeness (QED) is 0.873. The number of hydrogen-bond donors (Lipinski definition) is 1. The fraction of sp³-hybridized carbons (Fsp3) is 0.562. The van der Waals surface area contributed by atoms with Gasteiger partial charge in [-0.25, -0.2) is 4.98 Å². The van der Waals surface area contributed by atoms with E-state index in [2.05, 4.69) is 4.98 Å².